The van der Waals surface area contributed by atoms with Crippen LogP contribution in [0.25, 0.3) is 0 Å². The molecule has 0 radical (unpaired) electrons. The molecule has 1 aliphatic heterocycles. The van der Waals surface area contributed by atoms with Gasteiger partial charge in [0.1, 0.15) is 11.7 Å². The Morgan fingerprint density at radius 1 is 0.726 bits per heavy atom. The number of carbonyl (C=O) groups excluding carboxylic acids is 2. The lowest BCUT2D eigenvalue weighted by Gasteiger charge is -2.43. The minimum absolute atomic E-state index is 0.0793. The lowest BCUT2D eigenvalue weighted by Crippen LogP contribution is -2.49. The molecule has 6 nitrogen and oxygen atoms in total. The maximum absolute atomic E-state index is 13.5. The van der Waals surface area contributed by atoms with Crippen molar-refractivity contribution >= 4 is 11.8 Å². The molecule has 0 spiro atoms. The van der Waals surface area contributed by atoms with Crippen LogP contribution in [0.2, 0.25) is 0 Å². The number of hydrogen-bond acceptors (Lipinski definition) is 6. The largest absolute Gasteiger partial charge is 0.462 e. The molecule has 5 atom stereocenters. The van der Waals surface area contributed by atoms with Gasteiger partial charge in [0, 0.05) is 36.7 Å². The summed E-state index contributed by atoms with van der Waals surface area (Å²) in [7, 11) is 0. The smallest absolute Gasteiger partial charge is 0.306 e. The Morgan fingerprint density at radius 3 is 1.89 bits per heavy atom. The molecule has 1 heterocycles. The Balaban J connectivity index is 1.41. The first-order chi connectivity index (χ1) is 29.2. The van der Waals surface area contributed by atoms with Crippen LogP contribution < -0.4 is 0 Å². The predicted octanol–water partition coefficient (Wildman–Crippen LogP) is 13.9. The van der Waals surface area contributed by atoms with E-state index in [1.54, 1.807) is 6.92 Å². The van der Waals surface area contributed by atoms with Gasteiger partial charge in [-0.05, 0) is 109 Å². The Labute approximate surface area is 377 Å². The number of aliphatic hydroxyl groups excluding tert-OH is 1. The lowest BCUT2D eigenvalue weighted by molar-refractivity contribution is -0.153. The van der Waals surface area contributed by atoms with Crippen molar-refractivity contribution in [3.63, 3.8) is 0 Å². The number of ether oxygens (including phenoxy) is 2. The van der Waals surface area contributed by atoms with Crippen molar-refractivity contribution in [1.82, 2.24) is 0 Å². The minimum Gasteiger partial charge on any atom is -0.462 e. The average Bonchev–Trinajstić information content (AvgIpc) is 3.78. The van der Waals surface area contributed by atoms with Crippen LogP contribution in [0.1, 0.15) is 185 Å². The first-order valence-corrected chi connectivity index (χ1v) is 23.8. The van der Waals surface area contributed by atoms with E-state index < -0.39 is 22.9 Å². The third-order valence-corrected chi connectivity index (χ3v) is 13.2. The Morgan fingerprint density at radius 2 is 1.29 bits per heavy atom. The summed E-state index contributed by atoms with van der Waals surface area (Å²) in [5, 5.41) is 21.1. The van der Waals surface area contributed by atoms with Gasteiger partial charge in [0.2, 0.25) is 0 Å². The summed E-state index contributed by atoms with van der Waals surface area (Å²) in [5.41, 5.74) is 5.27. The van der Waals surface area contributed by atoms with E-state index in [4.69, 9.17) is 9.47 Å². The summed E-state index contributed by atoms with van der Waals surface area (Å²) in [6, 6.07) is 0. The van der Waals surface area contributed by atoms with E-state index in [9.17, 15) is 19.8 Å². The van der Waals surface area contributed by atoms with Gasteiger partial charge in [-0.1, -0.05) is 157 Å². The van der Waals surface area contributed by atoms with Crippen molar-refractivity contribution < 1.29 is 29.3 Å². The Bertz CT molecular complexity index is 1790. The van der Waals surface area contributed by atoms with Gasteiger partial charge < -0.3 is 19.7 Å². The number of aliphatic hydroxyl groups is 2. The van der Waals surface area contributed by atoms with Crippen molar-refractivity contribution in [2.45, 2.75) is 214 Å². The summed E-state index contributed by atoms with van der Waals surface area (Å²) in [4.78, 5) is 26.3. The second-order valence-electron chi connectivity index (χ2n) is 20.4. The van der Waals surface area contributed by atoms with E-state index >= 15 is 0 Å². The van der Waals surface area contributed by atoms with Crippen molar-refractivity contribution in [2.75, 3.05) is 0 Å². The summed E-state index contributed by atoms with van der Waals surface area (Å²) in [6.07, 6.45) is 42.0. The monoisotopic (exact) mass is 853 g/mol. The van der Waals surface area contributed by atoms with Crippen LogP contribution in [0.5, 0.6) is 0 Å². The summed E-state index contributed by atoms with van der Waals surface area (Å²) in [5.74, 6) is -0.0354. The topological polar surface area (TPSA) is 96.4 Å². The third kappa shape index (κ3) is 16.5. The zero-order valence-electron chi connectivity index (χ0n) is 40.7. The Hall–Kier alpha value is -3.54. The number of rotatable bonds is 24. The maximum Gasteiger partial charge on any atom is 0.306 e. The second-order valence-corrected chi connectivity index (χ2v) is 20.4. The number of epoxide rings is 1. The fraction of sp³-hybridized carbons (Fsp3) is 0.625. The van der Waals surface area contributed by atoms with Gasteiger partial charge in [0.15, 0.2) is 5.78 Å². The maximum atomic E-state index is 13.5. The molecular weight excluding hydrogens is 769 g/mol. The van der Waals surface area contributed by atoms with Gasteiger partial charge in [-0.3, -0.25) is 9.59 Å². The van der Waals surface area contributed by atoms with Crippen LogP contribution in [0, 0.1) is 10.8 Å². The quantitative estimate of drug-likeness (QED) is 0.0191. The molecule has 0 amide bonds. The number of Topliss-reactive ketones (excluding diaryl/α,β-unsaturated/α-hetero) is 1. The molecule has 0 aromatic heterocycles. The first kappa shape index (κ1) is 52.8. The summed E-state index contributed by atoms with van der Waals surface area (Å²) < 4.78 is 12.5. The Kier molecular flexibility index (Phi) is 20.9. The van der Waals surface area contributed by atoms with Gasteiger partial charge in [0.05, 0.1) is 17.3 Å². The molecule has 3 rings (SSSR count). The number of ketones is 1. The van der Waals surface area contributed by atoms with E-state index in [0.717, 1.165) is 48.0 Å². The highest BCUT2D eigenvalue weighted by molar-refractivity contribution is 5.96. The molecule has 3 aliphatic rings. The fourth-order valence-electron chi connectivity index (χ4n) is 9.76. The van der Waals surface area contributed by atoms with E-state index in [-0.39, 0.29) is 28.7 Å². The van der Waals surface area contributed by atoms with Crippen molar-refractivity contribution in [3.05, 3.63) is 113 Å². The van der Waals surface area contributed by atoms with E-state index in [0.29, 0.717) is 44.1 Å². The van der Waals surface area contributed by atoms with E-state index in [1.807, 2.05) is 108 Å². The number of hydrogen-bond donors (Lipinski definition) is 2. The van der Waals surface area contributed by atoms with Gasteiger partial charge in [0.25, 0.3) is 0 Å². The standard InChI is InChI=1S/C56H84O6/c1-12-13-14-15-16-17-18-19-20-21-22-23-24-35-51(59)61-48-40-53(8,9)56(55(11,41-48)62-56)42-49(58)46(5)34-28-33-44(3)30-26-25-29-43(2)31-27-32-45(4)36-37-50-52(6,7)38-47(57)39-54(50,10)60/h17-18,25-34,36,47-48,57,60H,12-16,19-24,35,38-42H2,1-11H3/b18-17-,26-25+,31-27+,33-28+,43-29+,44-30+,45-32+,46-34+/t37?,47-,48-,54+,55+,56-/m0/s1. The minimum atomic E-state index is -1.07. The average molecular weight is 853 g/mol. The van der Waals surface area contributed by atoms with E-state index in [2.05, 4.69) is 45.6 Å². The van der Waals surface area contributed by atoms with Gasteiger partial charge in [-0.2, -0.15) is 0 Å². The molecule has 2 aliphatic carbocycles. The van der Waals surface area contributed by atoms with Crippen molar-refractivity contribution in [1.29, 1.82) is 0 Å². The molecule has 344 valence electrons. The van der Waals surface area contributed by atoms with Crippen LogP contribution in [-0.2, 0) is 19.1 Å². The molecule has 3 fully saturated rings. The van der Waals surface area contributed by atoms with Gasteiger partial charge >= 0.3 is 5.97 Å². The van der Waals surface area contributed by atoms with Gasteiger partial charge in [-0.15, -0.1) is 5.73 Å². The SMILES string of the molecule is CCCCCC/C=C\CCCCCCCC(=O)O[C@H]1CC(C)(C)[C@]2(CC(=O)/C(C)=C/C=C/C(C)=C/C=C/C=C(C)/C=C/C=C(\C)C=C=C3C(C)(C)C[C@H](O)C[C@@]3(C)O)O[C@]2(C)C1. The van der Waals surface area contributed by atoms with Crippen molar-refractivity contribution in [2.24, 2.45) is 10.8 Å². The van der Waals surface area contributed by atoms with E-state index in [1.165, 1.54) is 44.9 Å². The molecule has 6 heteroatoms. The normalized spacial score (nSPS) is 27.9. The number of allylic oxidation sites excluding steroid dienone is 16. The second kappa shape index (κ2) is 24.5. The van der Waals surface area contributed by atoms with Crippen molar-refractivity contribution in [3.8, 4) is 0 Å². The number of fused-ring (bicyclic) bond motifs is 1. The summed E-state index contributed by atoms with van der Waals surface area (Å²) >= 11 is 0. The zero-order valence-corrected chi connectivity index (χ0v) is 40.7. The van der Waals surface area contributed by atoms with Crippen LogP contribution in [0.4, 0.5) is 0 Å². The number of carbonyl (C=O) groups is 2. The molecule has 0 unspecified atom stereocenters. The zero-order chi connectivity index (χ0) is 46.0. The fourth-order valence-corrected chi connectivity index (χ4v) is 9.76. The highest BCUT2D eigenvalue weighted by Crippen LogP contribution is 2.67. The summed E-state index contributed by atoms with van der Waals surface area (Å²) in [6.45, 7) is 22.4. The number of esters is 1. The van der Waals surface area contributed by atoms with Crippen LogP contribution >= 0.6 is 0 Å². The first-order valence-electron chi connectivity index (χ1n) is 23.8. The van der Waals surface area contributed by atoms with Gasteiger partial charge in [-0.25, -0.2) is 0 Å². The highest BCUT2D eigenvalue weighted by atomic mass is 16.6. The molecule has 0 aromatic carbocycles. The van der Waals surface area contributed by atoms with Crippen LogP contribution in [0.3, 0.4) is 0 Å². The van der Waals surface area contributed by atoms with Crippen LogP contribution in [0.15, 0.2) is 113 Å². The molecular formula is C56H84O6. The molecule has 1 saturated heterocycles. The molecule has 62 heavy (non-hydrogen) atoms. The highest BCUT2D eigenvalue weighted by Gasteiger charge is 2.76. The molecule has 2 saturated carbocycles. The molecule has 0 aromatic rings. The predicted molar refractivity (Wildman–Crippen MR) is 259 cm³/mol. The van der Waals surface area contributed by atoms with Crippen LogP contribution in [-0.4, -0.2) is 51.0 Å². The molecule has 2 N–H and O–H groups in total. The third-order valence-electron chi connectivity index (χ3n) is 13.2. The molecule has 0 bridgehead atoms. The number of unbranched alkanes of at least 4 members (excludes halogenated alkanes) is 9. The lowest BCUT2D eigenvalue weighted by atomic mass is 9.61.